The molecule has 0 radical (unpaired) electrons. The summed E-state index contributed by atoms with van der Waals surface area (Å²) in [5.74, 6) is -20.7. The van der Waals surface area contributed by atoms with E-state index in [2.05, 4.69) is 10.6 Å². The van der Waals surface area contributed by atoms with E-state index in [1.165, 1.54) is 32.0 Å². The van der Waals surface area contributed by atoms with E-state index in [1.807, 2.05) is 13.8 Å². The third-order valence-electron chi connectivity index (χ3n) is 5.44. The van der Waals surface area contributed by atoms with Gasteiger partial charge in [0.2, 0.25) is 11.6 Å². The predicted molar refractivity (Wildman–Crippen MR) is 132 cm³/mol. The minimum atomic E-state index is -2.29. The Labute approximate surface area is 229 Å². The summed E-state index contributed by atoms with van der Waals surface area (Å²) < 4.78 is 147. The van der Waals surface area contributed by atoms with Gasteiger partial charge in [-0.05, 0) is 32.9 Å². The van der Waals surface area contributed by atoms with Gasteiger partial charge in [0.1, 0.15) is 35.1 Å². The van der Waals surface area contributed by atoms with E-state index in [1.54, 1.807) is 6.92 Å². The molecule has 14 heteroatoms. The number of benzene rings is 3. The average molecular weight is 600 g/mol. The maximum atomic E-state index is 13.8. The van der Waals surface area contributed by atoms with E-state index in [4.69, 9.17) is 9.47 Å². The van der Waals surface area contributed by atoms with E-state index >= 15 is 0 Å². The van der Waals surface area contributed by atoms with Crippen LogP contribution in [0, 0.1) is 65.1 Å². The molecule has 0 aliphatic rings. The molecule has 2 atom stereocenters. The van der Waals surface area contributed by atoms with Crippen molar-refractivity contribution in [3.8, 4) is 11.5 Å². The van der Waals surface area contributed by atoms with Crippen molar-refractivity contribution >= 4 is 11.4 Å². The normalized spacial score (nSPS) is 12.3. The fourth-order valence-corrected chi connectivity index (χ4v) is 3.38. The molecule has 41 heavy (non-hydrogen) atoms. The first-order valence-corrected chi connectivity index (χ1v) is 12.2. The first-order valence-electron chi connectivity index (χ1n) is 12.2. The molecule has 0 fully saturated rings. The van der Waals surface area contributed by atoms with Gasteiger partial charge in [-0.2, -0.15) is 0 Å². The van der Waals surface area contributed by atoms with Crippen LogP contribution in [0.5, 0.6) is 11.5 Å². The predicted octanol–water partition coefficient (Wildman–Crippen LogP) is 8.17. The van der Waals surface area contributed by atoms with Gasteiger partial charge < -0.3 is 20.1 Å². The zero-order chi connectivity index (χ0) is 31.2. The lowest BCUT2D eigenvalue weighted by atomic mass is 10.2. The molecule has 3 aromatic rings. The van der Waals surface area contributed by atoms with Crippen LogP contribution in [0.4, 0.5) is 55.3 Å². The number of ether oxygens (including phenoxy) is 2. The zero-order valence-corrected chi connectivity index (χ0v) is 22.4. The van der Waals surface area contributed by atoms with E-state index in [0.29, 0.717) is 5.56 Å². The van der Waals surface area contributed by atoms with Crippen molar-refractivity contribution in [1.29, 1.82) is 0 Å². The molecule has 0 aromatic heterocycles. The molecule has 4 nitrogen and oxygen atoms in total. The van der Waals surface area contributed by atoms with Crippen LogP contribution in [0.15, 0.2) is 18.2 Å². The van der Waals surface area contributed by atoms with Gasteiger partial charge in [-0.25, -0.2) is 43.9 Å². The molecule has 0 bridgehead atoms. The largest absolute Gasteiger partial charge is 0.488 e. The monoisotopic (exact) mass is 600 g/mol. The van der Waals surface area contributed by atoms with Crippen LogP contribution in [-0.2, 0) is 0 Å². The highest BCUT2D eigenvalue weighted by molar-refractivity contribution is 5.49. The number of hydrogen-bond acceptors (Lipinski definition) is 4. The topological polar surface area (TPSA) is 42.5 Å². The molecule has 0 saturated heterocycles. The summed E-state index contributed by atoms with van der Waals surface area (Å²) in [5, 5.41) is 4.26. The lowest BCUT2D eigenvalue weighted by Gasteiger charge is -2.22. The first-order chi connectivity index (χ1) is 19.3. The van der Waals surface area contributed by atoms with Gasteiger partial charge in [0.15, 0.2) is 46.5 Å². The SMILES string of the molecule is CC.Cc1c(OC(C)CNc2c(F)c(F)c(F)c(F)c2F)cccc1O[C@@H](C)CNc1c(F)c(F)c(F)c(F)c1F. The van der Waals surface area contributed by atoms with E-state index < -0.39 is 81.8 Å². The van der Waals surface area contributed by atoms with E-state index in [0.717, 1.165) is 0 Å². The van der Waals surface area contributed by atoms with Crippen LogP contribution < -0.4 is 20.1 Å². The summed E-state index contributed by atoms with van der Waals surface area (Å²) in [6.45, 7) is 7.71. The lowest BCUT2D eigenvalue weighted by Crippen LogP contribution is -2.25. The highest BCUT2D eigenvalue weighted by atomic mass is 19.2. The summed E-state index contributed by atoms with van der Waals surface area (Å²) in [6.07, 6.45) is -1.72. The summed E-state index contributed by atoms with van der Waals surface area (Å²) in [4.78, 5) is 0. The Balaban J connectivity index is 0.00000287. The molecule has 1 unspecified atom stereocenters. The molecule has 0 spiro atoms. The minimum absolute atomic E-state index is 0.208. The van der Waals surface area contributed by atoms with Crippen molar-refractivity contribution < 1.29 is 53.4 Å². The molecule has 0 saturated carbocycles. The summed E-state index contributed by atoms with van der Waals surface area (Å²) in [5.41, 5.74) is -2.04. The molecule has 2 N–H and O–H groups in total. The average Bonchev–Trinajstić information content (AvgIpc) is 2.96. The number of halogens is 10. The molecular weight excluding hydrogens is 574 g/mol. The van der Waals surface area contributed by atoms with Crippen LogP contribution in [0.3, 0.4) is 0 Å². The van der Waals surface area contributed by atoms with Crippen molar-refractivity contribution in [3.05, 3.63) is 81.9 Å². The summed E-state index contributed by atoms with van der Waals surface area (Å²) in [7, 11) is 0. The van der Waals surface area contributed by atoms with Gasteiger partial charge >= 0.3 is 0 Å². The van der Waals surface area contributed by atoms with Crippen molar-refractivity contribution in [3.63, 3.8) is 0 Å². The van der Waals surface area contributed by atoms with Gasteiger partial charge in [-0.15, -0.1) is 0 Å². The third-order valence-corrected chi connectivity index (χ3v) is 5.44. The maximum Gasteiger partial charge on any atom is 0.200 e. The molecule has 0 heterocycles. The summed E-state index contributed by atoms with van der Waals surface area (Å²) >= 11 is 0. The minimum Gasteiger partial charge on any atom is -0.488 e. The van der Waals surface area contributed by atoms with E-state index in [9.17, 15) is 43.9 Å². The molecule has 226 valence electrons. The van der Waals surface area contributed by atoms with Crippen LogP contribution in [0.1, 0.15) is 33.3 Å². The van der Waals surface area contributed by atoms with Crippen molar-refractivity contribution in [1.82, 2.24) is 0 Å². The fourth-order valence-electron chi connectivity index (χ4n) is 3.38. The highest BCUT2D eigenvalue weighted by Gasteiger charge is 2.27. The van der Waals surface area contributed by atoms with Gasteiger partial charge in [0, 0.05) is 5.56 Å². The Morgan fingerprint density at radius 1 is 0.537 bits per heavy atom. The van der Waals surface area contributed by atoms with Crippen LogP contribution in [0.25, 0.3) is 0 Å². The Morgan fingerprint density at radius 3 is 1.10 bits per heavy atom. The second-order valence-corrected chi connectivity index (χ2v) is 8.39. The van der Waals surface area contributed by atoms with Crippen molar-refractivity contribution in [2.24, 2.45) is 0 Å². The number of nitrogens with one attached hydrogen (secondary N) is 2. The smallest absolute Gasteiger partial charge is 0.200 e. The molecule has 0 amide bonds. The third kappa shape index (κ3) is 7.27. The van der Waals surface area contributed by atoms with Crippen LogP contribution in [-0.4, -0.2) is 25.3 Å². The zero-order valence-electron chi connectivity index (χ0n) is 22.4. The molecule has 0 aliphatic heterocycles. The summed E-state index contributed by atoms with van der Waals surface area (Å²) in [6, 6.07) is 4.48. The van der Waals surface area contributed by atoms with Gasteiger partial charge in [0.25, 0.3) is 0 Å². The fraction of sp³-hybridized carbons (Fsp3) is 0.333. The van der Waals surface area contributed by atoms with Gasteiger partial charge in [-0.3, -0.25) is 0 Å². The number of hydrogen-bond donors (Lipinski definition) is 2. The van der Waals surface area contributed by atoms with E-state index in [-0.39, 0.29) is 24.6 Å². The maximum absolute atomic E-state index is 13.8. The molecular formula is C27H26F10N2O2. The van der Waals surface area contributed by atoms with Crippen molar-refractivity contribution in [2.45, 2.75) is 46.8 Å². The Morgan fingerprint density at radius 2 is 0.805 bits per heavy atom. The number of rotatable bonds is 10. The highest BCUT2D eigenvalue weighted by Crippen LogP contribution is 2.31. The molecule has 3 rings (SSSR count). The van der Waals surface area contributed by atoms with Gasteiger partial charge in [-0.1, -0.05) is 19.9 Å². The standard InChI is InChI=1S/C25H20F10N2O2.C2H6/c1-9(7-36-24-20(32)16(28)14(26)17(29)21(24)33)38-12-5-4-6-13(11(12)3)39-10(2)8-37-25-22(34)18(30)15(27)19(31)23(25)35;1-2/h4-6,9-10,36-37H,7-8H2,1-3H3;1-2H3/t9-,10?;/m0./s1. The lowest BCUT2D eigenvalue weighted by molar-refractivity contribution is 0.218. The second-order valence-electron chi connectivity index (χ2n) is 8.39. The quantitative estimate of drug-likeness (QED) is 0.140. The molecule has 0 aliphatic carbocycles. The molecule has 3 aromatic carbocycles. The van der Waals surface area contributed by atoms with Crippen molar-refractivity contribution in [2.75, 3.05) is 23.7 Å². The van der Waals surface area contributed by atoms with Crippen LogP contribution >= 0.6 is 0 Å². The Kier molecular flexibility index (Phi) is 11.5. The Hall–Kier alpha value is -3.84. The van der Waals surface area contributed by atoms with Gasteiger partial charge in [0.05, 0.1) is 13.1 Å². The number of anilines is 2. The first kappa shape index (κ1) is 33.4. The van der Waals surface area contributed by atoms with Crippen LogP contribution in [0.2, 0.25) is 0 Å². The Bertz CT molecular complexity index is 1230. The second kappa shape index (κ2) is 14.2.